The van der Waals surface area contributed by atoms with Crippen LogP contribution in [0.2, 0.25) is 0 Å². The molecule has 0 aromatic heterocycles. The third-order valence-electron chi connectivity index (χ3n) is 1.09. The fraction of sp³-hybridized carbons (Fsp3) is 0.667. The van der Waals surface area contributed by atoms with Gasteiger partial charge in [0.25, 0.3) is 0 Å². The average molecular weight is 165 g/mol. The van der Waals surface area contributed by atoms with Gasteiger partial charge in [-0.3, -0.25) is 4.79 Å². The van der Waals surface area contributed by atoms with E-state index in [1.165, 1.54) is 13.8 Å². The van der Waals surface area contributed by atoms with E-state index in [0.717, 1.165) is 0 Å². The second-order valence-electron chi connectivity index (χ2n) is 2.38. The molecule has 0 aliphatic rings. The molecule has 0 unspecified atom stereocenters. The number of carboxylic acids is 1. The van der Waals surface area contributed by atoms with Crippen molar-refractivity contribution >= 4 is 11.8 Å². The molecule has 0 aliphatic heterocycles. The molecule has 0 bridgehead atoms. The molecule has 0 amide bonds. The van der Waals surface area contributed by atoms with Crippen LogP contribution >= 0.6 is 0 Å². The van der Waals surface area contributed by atoms with E-state index in [2.05, 4.69) is 0 Å². The molecule has 3 nitrogen and oxygen atoms in total. The maximum atomic E-state index is 12.2. The SMILES string of the molecule is CC(C)C(=O)C(F)(F)C(=O)[O-]. The van der Waals surface area contributed by atoms with Crippen molar-refractivity contribution in [3.63, 3.8) is 0 Å². The van der Waals surface area contributed by atoms with Gasteiger partial charge >= 0.3 is 5.92 Å². The van der Waals surface area contributed by atoms with Crippen LogP contribution in [0.5, 0.6) is 0 Å². The minimum absolute atomic E-state index is 1.01. The van der Waals surface area contributed by atoms with Gasteiger partial charge in [0.05, 0.1) is 0 Å². The first-order valence-corrected chi connectivity index (χ1v) is 2.93. The smallest absolute Gasteiger partial charge is 0.344 e. The van der Waals surface area contributed by atoms with Crippen molar-refractivity contribution in [2.24, 2.45) is 5.92 Å². The molecular formula is C6H7F2O3-. The molecule has 0 radical (unpaired) electrons. The molecule has 0 saturated heterocycles. The molecule has 0 spiro atoms. The van der Waals surface area contributed by atoms with Gasteiger partial charge in [-0.05, 0) is 0 Å². The first-order chi connectivity index (χ1) is 4.80. The number of carbonyl (C=O) groups is 2. The summed E-state index contributed by atoms with van der Waals surface area (Å²) in [5.74, 6) is -9.63. The van der Waals surface area contributed by atoms with Crippen LogP contribution in [0.3, 0.4) is 0 Å². The van der Waals surface area contributed by atoms with Gasteiger partial charge in [-0.25, -0.2) is 0 Å². The lowest BCUT2D eigenvalue weighted by atomic mass is 10.0. The molecule has 64 valence electrons. The van der Waals surface area contributed by atoms with E-state index < -0.39 is 23.6 Å². The van der Waals surface area contributed by atoms with E-state index in [-0.39, 0.29) is 0 Å². The number of hydrogen-bond acceptors (Lipinski definition) is 3. The Labute approximate surface area is 62.0 Å². The maximum Gasteiger partial charge on any atom is 0.344 e. The van der Waals surface area contributed by atoms with Crippen molar-refractivity contribution in [2.75, 3.05) is 0 Å². The van der Waals surface area contributed by atoms with Crippen LogP contribution < -0.4 is 5.11 Å². The summed E-state index contributed by atoms with van der Waals surface area (Å²) in [6, 6.07) is 0. The molecule has 0 atom stereocenters. The van der Waals surface area contributed by atoms with Crippen molar-refractivity contribution in [1.29, 1.82) is 0 Å². The van der Waals surface area contributed by atoms with Gasteiger partial charge in [0.1, 0.15) is 5.97 Å². The van der Waals surface area contributed by atoms with Crippen LogP contribution in [0.25, 0.3) is 0 Å². The van der Waals surface area contributed by atoms with Crippen LogP contribution in [0.1, 0.15) is 13.8 Å². The molecule has 0 aromatic rings. The zero-order valence-electron chi connectivity index (χ0n) is 6.06. The fourth-order valence-corrected chi connectivity index (χ4v) is 0.463. The Morgan fingerprint density at radius 1 is 1.36 bits per heavy atom. The Kier molecular flexibility index (Phi) is 2.67. The van der Waals surface area contributed by atoms with Gasteiger partial charge in [0, 0.05) is 5.92 Å². The van der Waals surface area contributed by atoms with Crippen LogP contribution in [0, 0.1) is 5.92 Å². The number of alkyl halides is 2. The minimum atomic E-state index is -4.35. The lowest BCUT2D eigenvalue weighted by Crippen LogP contribution is -2.48. The monoisotopic (exact) mass is 165 g/mol. The van der Waals surface area contributed by atoms with Gasteiger partial charge in [0.15, 0.2) is 0 Å². The molecule has 5 heteroatoms. The molecule has 0 heterocycles. The fourth-order valence-electron chi connectivity index (χ4n) is 0.463. The van der Waals surface area contributed by atoms with Crippen molar-refractivity contribution in [3.05, 3.63) is 0 Å². The predicted octanol–water partition coefficient (Wildman–Crippen LogP) is -0.403. The lowest BCUT2D eigenvalue weighted by Gasteiger charge is -2.17. The number of rotatable bonds is 3. The van der Waals surface area contributed by atoms with Gasteiger partial charge in [-0.1, -0.05) is 13.8 Å². The average Bonchev–Trinajstić information content (AvgIpc) is 1.85. The number of carbonyl (C=O) groups excluding carboxylic acids is 2. The van der Waals surface area contributed by atoms with Crippen LogP contribution in [0.15, 0.2) is 0 Å². The molecule has 0 fully saturated rings. The zero-order valence-corrected chi connectivity index (χ0v) is 6.06. The summed E-state index contributed by atoms with van der Waals surface area (Å²) in [6.45, 7) is 2.39. The summed E-state index contributed by atoms with van der Waals surface area (Å²) in [5.41, 5.74) is 0. The summed E-state index contributed by atoms with van der Waals surface area (Å²) in [5, 5.41) is 9.68. The van der Waals surface area contributed by atoms with Crippen molar-refractivity contribution in [1.82, 2.24) is 0 Å². The van der Waals surface area contributed by atoms with Gasteiger partial charge in [-0.15, -0.1) is 0 Å². The number of Topliss-reactive ketones (excluding diaryl/α,β-unsaturated/α-hetero) is 1. The number of halogens is 2. The first kappa shape index (κ1) is 10.0. The van der Waals surface area contributed by atoms with Crippen molar-refractivity contribution < 1.29 is 23.5 Å². The molecular weight excluding hydrogens is 158 g/mol. The Morgan fingerprint density at radius 3 is 1.82 bits per heavy atom. The summed E-state index contributed by atoms with van der Waals surface area (Å²) in [4.78, 5) is 20.1. The zero-order chi connectivity index (χ0) is 9.23. The standard InChI is InChI=1S/C6H8F2O3/c1-3(2)4(9)6(7,8)5(10)11/h3H,1-2H3,(H,10,11)/p-1. The third-order valence-corrected chi connectivity index (χ3v) is 1.09. The highest BCUT2D eigenvalue weighted by Gasteiger charge is 2.41. The third kappa shape index (κ3) is 1.96. The number of ketones is 1. The second-order valence-corrected chi connectivity index (χ2v) is 2.38. The molecule has 0 aromatic carbocycles. The summed E-state index contributed by atoms with van der Waals surface area (Å²) in [6.07, 6.45) is 0. The minimum Gasteiger partial charge on any atom is -0.544 e. The normalized spacial score (nSPS) is 11.7. The highest BCUT2D eigenvalue weighted by atomic mass is 19.3. The van der Waals surface area contributed by atoms with Crippen LogP contribution in [-0.2, 0) is 9.59 Å². The highest BCUT2D eigenvalue weighted by molar-refractivity contribution is 6.04. The Morgan fingerprint density at radius 2 is 1.73 bits per heavy atom. The number of aliphatic carboxylic acids is 1. The van der Waals surface area contributed by atoms with Crippen LogP contribution in [0.4, 0.5) is 8.78 Å². The van der Waals surface area contributed by atoms with Crippen LogP contribution in [-0.4, -0.2) is 17.7 Å². The second kappa shape index (κ2) is 2.94. The quantitative estimate of drug-likeness (QED) is 0.534. The van der Waals surface area contributed by atoms with E-state index in [1.54, 1.807) is 0 Å². The number of carboxylic acid groups (broad SMARTS) is 1. The highest BCUT2D eigenvalue weighted by Crippen LogP contribution is 2.18. The summed E-state index contributed by atoms with van der Waals surface area (Å²) in [7, 11) is 0. The van der Waals surface area contributed by atoms with E-state index in [9.17, 15) is 23.5 Å². The van der Waals surface area contributed by atoms with Gasteiger partial charge in [-0.2, -0.15) is 8.78 Å². The molecule has 0 aliphatic carbocycles. The molecule has 0 rings (SSSR count). The Bertz CT molecular complexity index is 186. The lowest BCUT2D eigenvalue weighted by molar-refractivity contribution is -0.325. The summed E-state index contributed by atoms with van der Waals surface area (Å²) >= 11 is 0. The Balaban J connectivity index is 4.56. The summed E-state index contributed by atoms with van der Waals surface area (Å²) < 4.78 is 24.4. The topological polar surface area (TPSA) is 57.2 Å². The van der Waals surface area contributed by atoms with Crippen molar-refractivity contribution in [3.8, 4) is 0 Å². The van der Waals surface area contributed by atoms with E-state index >= 15 is 0 Å². The largest absolute Gasteiger partial charge is 0.544 e. The molecule has 0 saturated carbocycles. The maximum absolute atomic E-state index is 12.2. The first-order valence-electron chi connectivity index (χ1n) is 2.93. The molecule has 11 heavy (non-hydrogen) atoms. The Hall–Kier alpha value is -1.00. The van der Waals surface area contributed by atoms with Crippen molar-refractivity contribution in [2.45, 2.75) is 19.8 Å². The van der Waals surface area contributed by atoms with Gasteiger partial charge in [0.2, 0.25) is 5.78 Å². The van der Waals surface area contributed by atoms with E-state index in [0.29, 0.717) is 0 Å². The molecule has 0 N–H and O–H groups in total. The number of hydrogen-bond donors (Lipinski definition) is 0. The van der Waals surface area contributed by atoms with E-state index in [4.69, 9.17) is 0 Å². The van der Waals surface area contributed by atoms with E-state index in [1.807, 2.05) is 0 Å². The predicted molar refractivity (Wildman–Crippen MR) is 29.8 cm³/mol. The van der Waals surface area contributed by atoms with Gasteiger partial charge < -0.3 is 9.90 Å².